The van der Waals surface area contributed by atoms with Crippen molar-refractivity contribution in [3.63, 3.8) is 0 Å². The summed E-state index contributed by atoms with van der Waals surface area (Å²) in [5, 5.41) is 11.8. The van der Waals surface area contributed by atoms with Crippen LogP contribution in [0, 0.1) is 22.9 Å². The van der Waals surface area contributed by atoms with E-state index in [0.29, 0.717) is 26.6 Å². The molecule has 0 radical (unpaired) electrons. The SMILES string of the molecule is Cc1c(C(=O)N2CCN(c3ccc(C(F)(F)F)cc3[N+](=O)[O-])CC2)sc2cccc(F)c12. The number of alkyl halides is 3. The number of amides is 1. The van der Waals surface area contributed by atoms with Gasteiger partial charge in [-0.05, 0) is 36.8 Å². The Morgan fingerprint density at radius 2 is 1.81 bits per heavy atom. The number of hydrogen-bond acceptors (Lipinski definition) is 5. The molecule has 2 aromatic carbocycles. The van der Waals surface area contributed by atoms with Crippen LogP contribution in [0.2, 0.25) is 0 Å². The third-order valence-corrected chi connectivity index (χ3v) is 6.75. The van der Waals surface area contributed by atoms with Crippen molar-refractivity contribution in [2.75, 3.05) is 31.1 Å². The molecule has 1 fully saturated rings. The van der Waals surface area contributed by atoms with Crippen molar-refractivity contribution in [2.24, 2.45) is 0 Å². The standard InChI is InChI=1S/C21H17F4N3O3S/c1-12-18-14(22)3-2-4-17(18)32-19(12)20(29)27-9-7-26(8-10-27)15-6-5-13(21(23,24)25)11-16(15)28(30)31/h2-6,11H,7-10H2,1H3. The first-order valence-electron chi connectivity index (χ1n) is 9.65. The fraction of sp³-hybridized carbons (Fsp3) is 0.286. The van der Waals surface area contributed by atoms with Gasteiger partial charge < -0.3 is 9.80 Å². The molecular weight excluding hydrogens is 450 g/mol. The van der Waals surface area contributed by atoms with Gasteiger partial charge in [0.15, 0.2) is 0 Å². The Balaban J connectivity index is 1.54. The summed E-state index contributed by atoms with van der Waals surface area (Å²) in [7, 11) is 0. The summed E-state index contributed by atoms with van der Waals surface area (Å²) in [4.78, 5) is 27.2. The van der Waals surface area contributed by atoms with Crippen LogP contribution in [0.1, 0.15) is 20.8 Å². The molecule has 3 aromatic rings. The van der Waals surface area contributed by atoms with Gasteiger partial charge in [0.25, 0.3) is 11.6 Å². The van der Waals surface area contributed by atoms with Crippen molar-refractivity contribution >= 4 is 38.7 Å². The lowest BCUT2D eigenvalue weighted by Gasteiger charge is -2.35. The summed E-state index contributed by atoms with van der Waals surface area (Å²) in [5.74, 6) is -0.653. The molecule has 4 rings (SSSR count). The van der Waals surface area contributed by atoms with E-state index in [1.165, 1.54) is 17.4 Å². The topological polar surface area (TPSA) is 66.7 Å². The first-order chi connectivity index (χ1) is 15.1. The van der Waals surface area contributed by atoms with E-state index < -0.39 is 28.2 Å². The molecule has 0 unspecified atom stereocenters. The van der Waals surface area contributed by atoms with Crippen molar-refractivity contribution < 1.29 is 27.3 Å². The Morgan fingerprint density at radius 1 is 1.12 bits per heavy atom. The van der Waals surface area contributed by atoms with Crippen LogP contribution in [0.4, 0.5) is 28.9 Å². The second kappa shape index (κ2) is 8.05. The molecule has 1 aliphatic rings. The van der Waals surface area contributed by atoms with E-state index in [9.17, 15) is 32.5 Å². The molecule has 0 spiro atoms. The fourth-order valence-corrected chi connectivity index (χ4v) is 5.06. The number of aryl methyl sites for hydroxylation is 1. The quantitative estimate of drug-likeness (QED) is 0.300. The van der Waals surface area contributed by atoms with Gasteiger partial charge in [0, 0.05) is 42.3 Å². The number of benzene rings is 2. The average molecular weight is 467 g/mol. The van der Waals surface area contributed by atoms with Gasteiger partial charge in [-0.3, -0.25) is 14.9 Å². The van der Waals surface area contributed by atoms with Crippen LogP contribution in [0.3, 0.4) is 0 Å². The smallest absolute Gasteiger partial charge is 0.362 e. The van der Waals surface area contributed by atoms with E-state index in [4.69, 9.17) is 0 Å². The Labute approximate surface area is 183 Å². The molecule has 1 saturated heterocycles. The molecule has 0 N–H and O–H groups in total. The van der Waals surface area contributed by atoms with E-state index in [0.717, 1.165) is 12.1 Å². The van der Waals surface area contributed by atoms with Crippen molar-refractivity contribution in [3.8, 4) is 0 Å². The average Bonchev–Trinajstić information content (AvgIpc) is 3.10. The minimum absolute atomic E-state index is 0.0789. The Hall–Kier alpha value is -3.21. The number of hydrogen-bond donors (Lipinski definition) is 0. The predicted molar refractivity (Wildman–Crippen MR) is 113 cm³/mol. The van der Waals surface area contributed by atoms with Gasteiger partial charge >= 0.3 is 6.18 Å². The molecule has 0 aliphatic carbocycles. The molecule has 6 nitrogen and oxygen atoms in total. The van der Waals surface area contributed by atoms with Crippen LogP contribution in [-0.2, 0) is 6.18 Å². The first kappa shape index (κ1) is 22.0. The molecule has 0 saturated carbocycles. The van der Waals surface area contributed by atoms with Crippen LogP contribution in [0.15, 0.2) is 36.4 Å². The monoisotopic (exact) mass is 467 g/mol. The van der Waals surface area contributed by atoms with Crippen LogP contribution < -0.4 is 4.90 Å². The lowest BCUT2D eigenvalue weighted by Crippen LogP contribution is -2.48. The highest BCUT2D eigenvalue weighted by Gasteiger charge is 2.34. The lowest BCUT2D eigenvalue weighted by molar-refractivity contribution is -0.384. The van der Waals surface area contributed by atoms with Crippen LogP contribution >= 0.6 is 11.3 Å². The number of piperazine rings is 1. The molecule has 1 aromatic heterocycles. The zero-order valence-electron chi connectivity index (χ0n) is 16.8. The third kappa shape index (κ3) is 3.88. The summed E-state index contributed by atoms with van der Waals surface area (Å²) >= 11 is 1.21. The highest BCUT2D eigenvalue weighted by molar-refractivity contribution is 7.21. The highest BCUT2D eigenvalue weighted by atomic mass is 32.1. The summed E-state index contributed by atoms with van der Waals surface area (Å²) in [6, 6.07) is 7.10. The van der Waals surface area contributed by atoms with Crippen molar-refractivity contribution in [1.29, 1.82) is 0 Å². The molecule has 1 aliphatic heterocycles. The normalized spacial score (nSPS) is 14.8. The number of nitro groups is 1. The van der Waals surface area contributed by atoms with Crippen LogP contribution in [-0.4, -0.2) is 41.9 Å². The number of halogens is 4. The maximum absolute atomic E-state index is 14.2. The Bertz CT molecular complexity index is 1220. The van der Waals surface area contributed by atoms with Gasteiger partial charge in [0.1, 0.15) is 11.5 Å². The molecule has 168 valence electrons. The summed E-state index contributed by atoms with van der Waals surface area (Å²) in [6.07, 6.45) is -4.68. The fourth-order valence-electron chi connectivity index (χ4n) is 3.86. The number of nitro benzene ring substituents is 1. The van der Waals surface area contributed by atoms with E-state index in [1.807, 2.05) is 0 Å². The van der Waals surface area contributed by atoms with Gasteiger partial charge in [-0.1, -0.05) is 6.07 Å². The van der Waals surface area contributed by atoms with Crippen molar-refractivity contribution in [1.82, 2.24) is 4.90 Å². The maximum atomic E-state index is 14.2. The van der Waals surface area contributed by atoms with Crippen LogP contribution in [0.5, 0.6) is 0 Å². The second-order valence-corrected chi connectivity index (χ2v) is 8.46. The molecule has 32 heavy (non-hydrogen) atoms. The number of rotatable bonds is 3. The molecule has 0 bridgehead atoms. The maximum Gasteiger partial charge on any atom is 0.416 e. The number of carbonyl (C=O) groups excluding carboxylic acids is 1. The molecule has 11 heteroatoms. The summed E-state index contributed by atoms with van der Waals surface area (Å²) in [5.41, 5.74) is -1.08. The van der Waals surface area contributed by atoms with Gasteiger partial charge in [-0.2, -0.15) is 13.2 Å². The van der Waals surface area contributed by atoms with Crippen LogP contribution in [0.25, 0.3) is 10.1 Å². The van der Waals surface area contributed by atoms with Gasteiger partial charge in [-0.25, -0.2) is 4.39 Å². The number of fused-ring (bicyclic) bond motifs is 1. The molecule has 1 amide bonds. The van der Waals surface area contributed by atoms with Gasteiger partial charge in [0.2, 0.25) is 0 Å². The third-order valence-electron chi connectivity index (χ3n) is 5.50. The van der Waals surface area contributed by atoms with Crippen molar-refractivity contribution in [3.05, 3.63) is 68.3 Å². The largest absolute Gasteiger partial charge is 0.416 e. The van der Waals surface area contributed by atoms with Gasteiger partial charge in [-0.15, -0.1) is 11.3 Å². The number of thiophene rings is 1. The predicted octanol–water partition coefficient (Wildman–Crippen LogP) is 5.24. The first-order valence-corrected chi connectivity index (χ1v) is 10.5. The zero-order chi connectivity index (χ0) is 23.2. The minimum atomic E-state index is -4.68. The summed E-state index contributed by atoms with van der Waals surface area (Å²) < 4.78 is 53.6. The minimum Gasteiger partial charge on any atom is -0.362 e. The lowest BCUT2D eigenvalue weighted by atomic mass is 10.1. The highest BCUT2D eigenvalue weighted by Crippen LogP contribution is 2.37. The van der Waals surface area contributed by atoms with E-state index in [-0.39, 0.29) is 37.8 Å². The van der Waals surface area contributed by atoms with E-state index in [1.54, 1.807) is 28.9 Å². The Kier molecular flexibility index (Phi) is 5.53. The Morgan fingerprint density at radius 3 is 2.41 bits per heavy atom. The molecular formula is C21H17F4N3O3S. The zero-order valence-corrected chi connectivity index (χ0v) is 17.6. The van der Waals surface area contributed by atoms with Crippen molar-refractivity contribution in [2.45, 2.75) is 13.1 Å². The molecule has 2 heterocycles. The van der Waals surface area contributed by atoms with E-state index in [2.05, 4.69) is 0 Å². The number of nitrogens with zero attached hydrogens (tertiary/aromatic N) is 3. The number of anilines is 1. The number of carbonyl (C=O) groups is 1. The van der Waals surface area contributed by atoms with Gasteiger partial charge in [0.05, 0.1) is 15.4 Å². The van der Waals surface area contributed by atoms with E-state index >= 15 is 0 Å². The molecule has 0 atom stereocenters. The second-order valence-electron chi connectivity index (χ2n) is 7.41. The summed E-state index contributed by atoms with van der Waals surface area (Å²) in [6.45, 7) is 2.59.